The van der Waals surface area contributed by atoms with Crippen LogP contribution in [-0.4, -0.2) is 20.3 Å². The molecule has 0 N–H and O–H groups in total. The molecule has 0 aromatic carbocycles. The van der Waals surface area contributed by atoms with Crippen molar-refractivity contribution in [3.8, 4) is 0 Å². The minimum atomic E-state index is 0.543. The fourth-order valence-electron chi connectivity index (χ4n) is 0.315. The van der Waals surface area contributed by atoms with Crippen molar-refractivity contribution >= 4 is 0 Å². The Hall–Kier alpha value is -0.760. The van der Waals surface area contributed by atoms with E-state index in [0.717, 1.165) is 0 Å². The van der Waals surface area contributed by atoms with Gasteiger partial charge in [-0.05, 0) is 6.08 Å². The van der Waals surface area contributed by atoms with Gasteiger partial charge in [-0.15, -0.1) is 0 Å². The Morgan fingerprint density at radius 3 is 2.67 bits per heavy atom. The van der Waals surface area contributed by atoms with Crippen molar-refractivity contribution in [1.82, 2.24) is 0 Å². The first-order chi connectivity index (χ1) is 4.31. The van der Waals surface area contributed by atoms with Crippen LogP contribution in [0.3, 0.4) is 0 Å². The predicted octanol–water partition coefficient (Wildman–Crippen LogP) is 1.35. The predicted molar refractivity (Wildman–Crippen MR) is 37.2 cm³/mol. The molecule has 0 amide bonds. The Labute approximate surface area is 55.8 Å². The summed E-state index contributed by atoms with van der Waals surface area (Å²) in [6.45, 7) is 8.16. The Morgan fingerprint density at radius 1 is 1.56 bits per heavy atom. The van der Waals surface area contributed by atoms with Crippen molar-refractivity contribution in [2.24, 2.45) is 0 Å². The molecule has 0 aromatic rings. The molecule has 2 nitrogen and oxygen atoms in total. The van der Waals surface area contributed by atoms with E-state index in [0.29, 0.717) is 19.0 Å². The summed E-state index contributed by atoms with van der Waals surface area (Å²) in [6.07, 6.45) is 1.57. The first-order valence-electron chi connectivity index (χ1n) is 2.74. The molecular weight excluding hydrogens is 116 g/mol. The lowest BCUT2D eigenvalue weighted by molar-refractivity contribution is 0.115. The van der Waals surface area contributed by atoms with Gasteiger partial charge >= 0.3 is 0 Å². The van der Waals surface area contributed by atoms with Gasteiger partial charge in [0, 0.05) is 7.11 Å². The lowest BCUT2D eigenvalue weighted by atomic mass is 10.5. The van der Waals surface area contributed by atoms with Crippen LogP contribution >= 0.6 is 0 Å². The van der Waals surface area contributed by atoms with Crippen LogP contribution in [0.4, 0.5) is 0 Å². The van der Waals surface area contributed by atoms with E-state index in [2.05, 4.69) is 13.2 Å². The minimum absolute atomic E-state index is 0.543. The second kappa shape index (κ2) is 5.38. The molecule has 0 fully saturated rings. The third kappa shape index (κ3) is 5.11. The number of hydrogen-bond acceptors (Lipinski definition) is 2. The van der Waals surface area contributed by atoms with E-state index in [1.807, 2.05) is 0 Å². The summed E-state index contributed by atoms with van der Waals surface area (Å²) in [5.41, 5.74) is 0. The van der Waals surface area contributed by atoms with Crippen molar-refractivity contribution in [3.63, 3.8) is 0 Å². The van der Waals surface area contributed by atoms with Crippen LogP contribution < -0.4 is 0 Å². The average molecular weight is 128 g/mol. The zero-order chi connectivity index (χ0) is 7.11. The highest BCUT2D eigenvalue weighted by molar-refractivity contribution is 5.01. The van der Waals surface area contributed by atoms with E-state index >= 15 is 0 Å². The number of allylic oxidation sites excluding steroid dienone is 1. The van der Waals surface area contributed by atoms with Crippen molar-refractivity contribution < 1.29 is 9.47 Å². The highest BCUT2D eigenvalue weighted by atomic mass is 16.5. The van der Waals surface area contributed by atoms with Crippen LogP contribution in [0.5, 0.6) is 0 Å². The first kappa shape index (κ1) is 8.24. The number of methoxy groups -OCH3 is 1. The lowest BCUT2D eigenvalue weighted by Crippen LogP contribution is -1.99. The fraction of sp³-hybridized carbons (Fsp3) is 0.429. The lowest BCUT2D eigenvalue weighted by Gasteiger charge is -2.02. The number of hydrogen-bond donors (Lipinski definition) is 0. The molecule has 0 spiro atoms. The van der Waals surface area contributed by atoms with Gasteiger partial charge in [0.05, 0.1) is 6.61 Å². The smallest absolute Gasteiger partial charge is 0.111 e. The Kier molecular flexibility index (Phi) is 4.92. The quantitative estimate of drug-likeness (QED) is 0.316. The van der Waals surface area contributed by atoms with E-state index < -0.39 is 0 Å². The van der Waals surface area contributed by atoms with Crippen LogP contribution in [0.15, 0.2) is 25.0 Å². The maximum Gasteiger partial charge on any atom is 0.111 e. The van der Waals surface area contributed by atoms with Gasteiger partial charge in [0.25, 0.3) is 0 Å². The third-order valence-corrected chi connectivity index (χ3v) is 0.803. The van der Waals surface area contributed by atoms with Gasteiger partial charge < -0.3 is 9.47 Å². The summed E-state index contributed by atoms with van der Waals surface area (Å²) in [7, 11) is 1.63. The van der Waals surface area contributed by atoms with Gasteiger partial charge in [-0.2, -0.15) is 0 Å². The van der Waals surface area contributed by atoms with Gasteiger partial charge in [0.2, 0.25) is 0 Å². The minimum Gasteiger partial charge on any atom is -0.492 e. The molecule has 0 aliphatic carbocycles. The van der Waals surface area contributed by atoms with Gasteiger partial charge in [0.1, 0.15) is 12.4 Å². The maximum atomic E-state index is 4.99. The number of rotatable bonds is 5. The van der Waals surface area contributed by atoms with Crippen LogP contribution in [-0.2, 0) is 9.47 Å². The molecule has 0 bridgehead atoms. The van der Waals surface area contributed by atoms with Crippen molar-refractivity contribution in [3.05, 3.63) is 25.0 Å². The SMILES string of the molecule is C=CC(=C)OCCOC. The van der Waals surface area contributed by atoms with Gasteiger partial charge in [-0.1, -0.05) is 13.2 Å². The van der Waals surface area contributed by atoms with E-state index in [4.69, 9.17) is 9.47 Å². The molecule has 0 saturated heterocycles. The normalized spacial score (nSPS) is 8.56. The zero-order valence-electron chi connectivity index (χ0n) is 5.72. The molecule has 0 aromatic heterocycles. The van der Waals surface area contributed by atoms with Gasteiger partial charge in [-0.25, -0.2) is 0 Å². The Morgan fingerprint density at radius 2 is 2.22 bits per heavy atom. The molecule has 0 atom stereocenters. The summed E-state index contributed by atoms with van der Waals surface area (Å²) in [5, 5.41) is 0. The molecule has 0 aliphatic heterocycles. The number of ether oxygens (including phenoxy) is 2. The van der Waals surface area contributed by atoms with Gasteiger partial charge in [0.15, 0.2) is 0 Å². The largest absolute Gasteiger partial charge is 0.492 e. The molecule has 0 radical (unpaired) electrons. The molecule has 0 aliphatic rings. The van der Waals surface area contributed by atoms with Crippen LogP contribution in [0.25, 0.3) is 0 Å². The molecule has 2 heteroatoms. The topological polar surface area (TPSA) is 18.5 Å². The molecule has 0 unspecified atom stereocenters. The molecular formula is C7H12O2. The summed E-state index contributed by atoms with van der Waals surface area (Å²) in [6, 6.07) is 0. The Balaban J connectivity index is 3.07. The van der Waals surface area contributed by atoms with Crippen molar-refractivity contribution in [2.45, 2.75) is 0 Å². The van der Waals surface area contributed by atoms with Crippen LogP contribution in [0, 0.1) is 0 Å². The molecule has 0 heterocycles. The summed E-state index contributed by atoms with van der Waals surface area (Å²) in [4.78, 5) is 0. The molecule has 0 rings (SSSR count). The highest BCUT2D eigenvalue weighted by Crippen LogP contribution is 1.91. The van der Waals surface area contributed by atoms with E-state index in [-0.39, 0.29) is 0 Å². The van der Waals surface area contributed by atoms with E-state index in [1.165, 1.54) is 0 Å². The standard InChI is InChI=1S/C7H12O2/c1-4-7(2)9-6-5-8-3/h4H,1-2,5-6H2,3H3. The summed E-state index contributed by atoms with van der Waals surface area (Å²) in [5.74, 6) is 0.590. The average Bonchev–Trinajstić information content (AvgIpc) is 1.89. The fourth-order valence-corrected chi connectivity index (χ4v) is 0.315. The molecule has 0 saturated carbocycles. The van der Waals surface area contributed by atoms with Gasteiger partial charge in [-0.3, -0.25) is 0 Å². The second-order valence-electron chi connectivity index (χ2n) is 1.51. The van der Waals surface area contributed by atoms with E-state index in [9.17, 15) is 0 Å². The zero-order valence-corrected chi connectivity index (χ0v) is 5.72. The second-order valence-corrected chi connectivity index (χ2v) is 1.51. The highest BCUT2D eigenvalue weighted by Gasteiger charge is 1.85. The van der Waals surface area contributed by atoms with Crippen LogP contribution in [0.1, 0.15) is 0 Å². The maximum absolute atomic E-state index is 4.99. The molecule has 52 valence electrons. The Bertz CT molecular complexity index is 97.1. The van der Waals surface area contributed by atoms with E-state index in [1.54, 1.807) is 13.2 Å². The summed E-state index contributed by atoms with van der Waals surface area (Å²) < 4.78 is 9.73. The van der Waals surface area contributed by atoms with Crippen LogP contribution in [0.2, 0.25) is 0 Å². The van der Waals surface area contributed by atoms with Crippen molar-refractivity contribution in [1.29, 1.82) is 0 Å². The van der Waals surface area contributed by atoms with Crippen molar-refractivity contribution in [2.75, 3.05) is 20.3 Å². The summed E-state index contributed by atoms with van der Waals surface area (Å²) >= 11 is 0. The molecule has 9 heavy (non-hydrogen) atoms. The third-order valence-electron chi connectivity index (χ3n) is 0.803. The monoisotopic (exact) mass is 128 g/mol. The first-order valence-corrected chi connectivity index (χ1v) is 2.74.